The van der Waals surface area contributed by atoms with Crippen LogP contribution in [0.3, 0.4) is 0 Å². The van der Waals surface area contributed by atoms with Gasteiger partial charge in [-0.2, -0.15) is 4.98 Å². The third-order valence-corrected chi connectivity index (χ3v) is 3.77. The average molecular weight is 290 g/mol. The molecule has 0 spiro atoms. The molecule has 1 atom stereocenters. The van der Waals surface area contributed by atoms with Crippen LogP contribution in [0.15, 0.2) is 27.3 Å². The van der Waals surface area contributed by atoms with Crippen molar-refractivity contribution in [1.29, 1.82) is 0 Å². The fourth-order valence-electron chi connectivity index (χ4n) is 2.71. The largest absolute Gasteiger partial charge is 0.461 e. The van der Waals surface area contributed by atoms with E-state index in [2.05, 4.69) is 15.0 Å². The van der Waals surface area contributed by atoms with Crippen LogP contribution in [0.1, 0.15) is 5.89 Å². The second kappa shape index (κ2) is 4.88. The number of carbonyl (C=O) groups excluding carboxylic acids is 1. The Kier molecular flexibility index (Phi) is 2.88. The number of nitrogens with zero attached hydrogens (tertiary/aromatic N) is 4. The topological polar surface area (TPSA) is 84.8 Å². The summed E-state index contributed by atoms with van der Waals surface area (Å²) in [5.74, 6) is 1.58. The van der Waals surface area contributed by atoms with Crippen molar-refractivity contribution in [1.82, 2.24) is 19.9 Å². The number of fused-ring (bicyclic) bond motifs is 1. The van der Waals surface area contributed by atoms with Crippen LogP contribution in [0, 0.1) is 0 Å². The predicted molar refractivity (Wildman–Crippen MR) is 69.1 cm³/mol. The van der Waals surface area contributed by atoms with Gasteiger partial charge in [0.05, 0.1) is 18.8 Å². The summed E-state index contributed by atoms with van der Waals surface area (Å²) in [5.41, 5.74) is 0. The van der Waals surface area contributed by atoms with Gasteiger partial charge >= 0.3 is 6.09 Å². The lowest BCUT2D eigenvalue weighted by molar-refractivity contribution is 0.107. The zero-order valence-corrected chi connectivity index (χ0v) is 11.3. The average Bonchev–Trinajstić information content (AvgIpc) is 3.20. The highest BCUT2D eigenvalue weighted by atomic mass is 16.6. The van der Waals surface area contributed by atoms with E-state index in [1.54, 1.807) is 23.3 Å². The predicted octanol–water partition coefficient (Wildman–Crippen LogP) is 0.966. The molecule has 0 aromatic carbocycles. The Hall–Kier alpha value is -2.35. The van der Waals surface area contributed by atoms with E-state index in [-0.39, 0.29) is 12.1 Å². The van der Waals surface area contributed by atoms with Crippen LogP contribution in [0.5, 0.6) is 0 Å². The molecule has 0 N–H and O–H groups in total. The van der Waals surface area contributed by atoms with Crippen molar-refractivity contribution in [3.05, 3.63) is 24.3 Å². The Labute approximate surface area is 120 Å². The van der Waals surface area contributed by atoms with Gasteiger partial charge in [0.15, 0.2) is 5.76 Å². The first-order valence-electron chi connectivity index (χ1n) is 6.82. The lowest BCUT2D eigenvalue weighted by Gasteiger charge is -2.34. The SMILES string of the molecule is O=C1OCC2CN(Cc3nc(-c4ccco4)no3)CCN12. The molecule has 1 amide bonds. The van der Waals surface area contributed by atoms with Crippen molar-refractivity contribution >= 4 is 6.09 Å². The molecule has 8 heteroatoms. The molecule has 2 aromatic rings. The molecule has 0 bridgehead atoms. The normalized spacial score (nSPS) is 22.4. The summed E-state index contributed by atoms with van der Waals surface area (Å²) < 4.78 is 15.5. The molecule has 2 aromatic heterocycles. The van der Waals surface area contributed by atoms with Crippen molar-refractivity contribution in [2.24, 2.45) is 0 Å². The van der Waals surface area contributed by atoms with E-state index in [9.17, 15) is 4.79 Å². The monoisotopic (exact) mass is 290 g/mol. The van der Waals surface area contributed by atoms with Gasteiger partial charge in [0, 0.05) is 19.6 Å². The van der Waals surface area contributed by atoms with Gasteiger partial charge in [-0.25, -0.2) is 4.79 Å². The van der Waals surface area contributed by atoms with Gasteiger partial charge in [-0.3, -0.25) is 9.80 Å². The number of amides is 1. The fourth-order valence-corrected chi connectivity index (χ4v) is 2.71. The van der Waals surface area contributed by atoms with Crippen molar-refractivity contribution in [3.8, 4) is 11.6 Å². The van der Waals surface area contributed by atoms with Crippen LogP contribution in [-0.2, 0) is 11.3 Å². The number of cyclic esters (lactones) is 1. The Morgan fingerprint density at radius 3 is 3.19 bits per heavy atom. The summed E-state index contributed by atoms with van der Waals surface area (Å²) in [6, 6.07) is 3.69. The quantitative estimate of drug-likeness (QED) is 0.832. The summed E-state index contributed by atoms with van der Waals surface area (Å²) in [6.07, 6.45) is 1.36. The number of ether oxygens (including phenoxy) is 1. The first-order valence-corrected chi connectivity index (χ1v) is 6.82. The van der Waals surface area contributed by atoms with Crippen molar-refractivity contribution in [3.63, 3.8) is 0 Å². The van der Waals surface area contributed by atoms with E-state index in [0.29, 0.717) is 37.2 Å². The first-order chi connectivity index (χ1) is 10.3. The second-order valence-corrected chi connectivity index (χ2v) is 5.15. The maximum atomic E-state index is 11.4. The van der Waals surface area contributed by atoms with Gasteiger partial charge < -0.3 is 13.7 Å². The lowest BCUT2D eigenvalue weighted by Crippen LogP contribution is -2.51. The number of hydrogen-bond acceptors (Lipinski definition) is 7. The van der Waals surface area contributed by atoms with E-state index >= 15 is 0 Å². The molecule has 2 fully saturated rings. The van der Waals surface area contributed by atoms with E-state index < -0.39 is 0 Å². The lowest BCUT2D eigenvalue weighted by atomic mass is 10.2. The molecule has 8 nitrogen and oxygen atoms in total. The summed E-state index contributed by atoms with van der Waals surface area (Å²) in [5, 5.41) is 3.91. The third kappa shape index (κ3) is 2.27. The molecule has 4 heterocycles. The molecule has 1 unspecified atom stereocenters. The minimum Gasteiger partial charge on any atom is -0.461 e. The van der Waals surface area contributed by atoms with E-state index in [0.717, 1.165) is 13.1 Å². The maximum absolute atomic E-state index is 11.4. The molecule has 2 aliphatic rings. The van der Waals surface area contributed by atoms with Gasteiger partial charge in [0.1, 0.15) is 6.61 Å². The summed E-state index contributed by atoms with van der Waals surface area (Å²) >= 11 is 0. The molecular formula is C13H14N4O4. The van der Waals surface area contributed by atoms with Crippen molar-refractivity contribution in [2.45, 2.75) is 12.6 Å². The van der Waals surface area contributed by atoms with Crippen LogP contribution in [-0.4, -0.2) is 58.3 Å². The standard InChI is InChI=1S/C13H14N4O4/c18-13-17-4-3-16(6-9(17)8-20-13)7-11-14-12(15-21-11)10-2-1-5-19-10/h1-2,5,9H,3-4,6-8H2. The summed E-state index contributed by atoms with van der Waals surface area (Å²) in [7, 11) is 0. The molecule has 0 aliphatic carbocycles. The van der Waals surface area contributed by atoms with Crippen molar-refractivity contribution < 1.29 is 18.5 Å². The Morgan fingerprint density at radius 2 is 2.33 bits per heavy atom. The molecule has 21 heavy (non-hydrogen) atoms. The van der Waals surface area contributed by atoms with Crippen LogP contribution in [0.4, 0.5) is 4.79 Å². The van der Waals surface area contributed by atoms with Gasteiger partial charge in [-0.15, -0.1) is 0 Å². The molecule has 110 valence electrons. The fraction of sp³-hybridized carbons (Fsp3) is 0.462. The molecule has 2 aliphatic heterocycles. The third-order valence-electron chi connectivity index (χ3n) is 3.77. The number of rotatable bonds is 3. The zero-order valence-electron chi connectivity index (χ0n) is 11.3. The van der Waals surface area contributed by atoms with Crippen LogP contribution < -0.4 is 0 Å². The highest BCUT2D eigenvalue weighted by Crippen LogP contribution is 2.20. The van der Waals surface area contributed by atoms with E-state index in [1.165, 1.54) is 0 Å². The highest BCUT2D eigenvalue weighted by Gasteiger charge is 2.37. The van der Waals surface area contributed by atoms with Crippen LogP contribution in [0.2, 0.25) is 0 Å². The van der Waals surface area contributed by atoms with Gasteiger partial charge in [0.2, 0.25) is 11.7 Å². The minimum atomic E-state index is -0.211. The Balaban J connectivity index is 1.42. The molecular weight excluding hydrogens is 276 g/mol. The smallest absolute Gasteiger partial charge is 0.410 e. The Morgan fingerprint density at radius 1 is 1.38 bits per heavy atom. The minimum absolute atomic E-state index is 0.124. The van der Waals surface area contributed by atoms with Gasteiger partial charge in [-0.05, 0) is 12.1 Å². The second-order valence-electron chi connectivity index (χ2n) is 5.15. The number of furan rings is 1. The highest BCUT2D eigenvalue weighted by molar-refractivity contribution is 5.70. The zero-order chi connectivity index (χ0) is 14.2. The van der Waals surface area contributed by atoms with E-state index in [4.69, 9.17) is 13.7 Å². The number of hydrogen-bond donors (Lipinski definition) is 0. The molecule has 0 radical (unpaired) electrons. The summed E-state index contributed by atoms with van der Waals surface area (Å²) in [4.78, 5) is 19.7. The van der Waals surface area contributed by atoms with E-state index in [1.807, 2.05) is 0 Å². The molecule has 0 saturated carbocycles. The Bertz CT molecular complexity index is 638. The van der Waals surface area contributed by atoms with Gasteiger partial charge in [-0.1, -0.05) is 5.16 Å². The number of carbonyl (C=O) groups is 1. The molecule has 2 saturated heterocycles. The summed E-state index contributed by atoms with van der Waals surface area (Å²) in [6.45, 7) is 3.21. The molecule has 4 rings (SSSR count). The maximum Gasteiger partial charge on any atom is 0.410 e. The van der Waals surface area contributed by atoms with Crippen molar-refractivity contribution in [2.75, 3.05) is 26.2 Å². The number of aromatic nitrogens is 2. The number of piperazine rings is 1. The van der Waals surface area contributed by atoms with Crippen LogP contribution >= 0.6 is 0 Å². The van der Waals surface area contributed by atoms with Gasteiger partial charge in [0.25, 0.3) is 0 Å². The van der Waals surface area contributed by atoms with Crippen LogP contribution in [0.25, 0.3) is 11.6 Å². The first kappa shape index (κ1) is 12.4.